The summed E-state index contributed by atoms with van der Waals surface area (Å²) in [7, 11) is 0. The number of nitrogens with zero attached hydrogens (tertiary/aromatic N) is 1. The van der Waals surface area contributed by atoms with Gasteiger partial charge in [-0.2, -0.15) is 13.2 Å². The lowest BCUT2D eigenvalue weighted by Crippen LogP contribution is -2.30. The maximum atomic E-state index is 13.2. The van der Waals surface area contributed by atoms with Crippen LogP contribution in [0.1, 0.15) is 24.5 Å². The molecule has 2 aromatic carbocycles. The second kappa shape index (κ2) is 9.08. The van der Waals surface area contributed by atoms with E-state index < -0.39 is 46.0 Å². The molecule has 1 heterocycles. The molecule has 0 spiro atoms. The zero-order valence-corrected chi connectivity index (χ0v) is 16.7. The van der Waals surface area contributed by atoms with Crippen molar-refractivity contribution in [1.82, 2.24) is 4.98 Å². The number of esters is 1. The van der Waals surface area contributed by atoms with Crippen LogP contribution in [0, 0.1) is 10.1 Å². The molecule has 0 saturated carbocycles. The zero-order chi connectivity index (χ0) is 23.5. The number of alkyl halides is 3. The van der Waals surface area contributed by atoms with Crippen LogP contribution in [-0.4, -0.2) is 27.9 Å². The highest BCUT2D eigenvalue weighted by atomic mass is 19.4. The molecule has 0 aliphatic carbocycles. The number of nitro groups is 1. The Kier molecular flexibility index (Phi) is 6.47. The molecule has 2 N–H and O–H groups in total. The highest BCUT2D eigenvalue weighted by molar-refractivity contribution is 5.96. The largest absolute Gasteiger partial charge is 0.453 e. The van der Waals surface area contributed by atoms with E-state index in [1.54, 1.807) is 6.20 Å². The number of ether oxygens (including phenoxy) is 1. The number of para-hydroxylation sites is 1. The Balaban J connectivity index is 1.62. The standard InChI is InChI=1S/C21H18F3N3O5/c1-12(32-19(28)9-6-13-11-25-17-5-3-2-4-15(13)17)20(29)26-18-8-7-14(27(30)31)10-16(18)21(22,23)24/h2-5,7-8,10-12,25H,6,9H2,1H3,(H,26,29)/t12-/m0/s1. The predicted octanol–water partition coefficient (Wildman–Crippen LogP) is 4.60. The number of carbonyl (C=O) groups is 2. The first-order valence-corrected chi connectivity index (χ1v) is 9.47. The van der Waals surface area contributed by atoms with Crippen molar-refractivity contribution in [3.05, 3.63) is 69.9 Å². The number of hydrogen-bond acceptors (Lipinski definition) is 5. The molecule has 32 heavy (non-hydrogen) atoms. The number of aromatic amines is 1. The van der Waals surface area contributed by atoms with Crippen LogP contribution < -0.4 is 5.32 Å². The number of hydrogen-bond donors (Lipinski definition) is 2. The average Bonchev–Trinajstić information content (AvgIpc) is 3.14. The Morgan fingerprint density at radius 1 is 1.22 bits per heavy atom. The first-order chi connectivity index (χ1) is 15.1. The van der Waals surface area contributed by atoms with E-state index in [0.717, 1.165) is 28.6 Å². The molecule has 168 valence electrons. The highest BCUT2D eigenvalue weighted by Gasteiger charge is 2.36. The van der Waals surface area contributed by atoms with E-state index >= 15 is 0 Å². The Morgan fingerprint density at radius 2 is 1.94 bits per heavy atom. The van der Waals surface area contributed by atoms with Crippen LogP contribution in [-0.2, 0) is 26.9 Å². The lowest BCUT2D eigenvalue weighted by atomic mass is 10.1. The fourth-order valence-corrected chi connectivity index (χ4v) is 3.11. The molecule has 0 radical (unpaired) electrons. The number of benzene rings is 2. The molecule has 0 aliphatic rings. The molecule has 0 aliphatic heterocycles. The molecule has 1 aromatic heterocycles. The van der Waals surface area contributed by atoms with Crippen molar-refractivity contribution in [3.8, 4) is 0 Å². The lowest BCUT2D eigenvalue weighted by molar-refractivity contribution is -0.385. The van der Waals surface area contributed by atoms with Crippen molar-refractivity contribution in [2.24, 2.45) is 0 Å². The summed E-state index contributed by atoms with van der Waals surface area (Å²) < 4.78 is 44.7. The molecule has 0 saturated heterocycles. The monoisotopic (exact) mass is 449 g/mol. The Labute approximate surface area is 179 Å². The minimum absolute atomic E-state index is 0.0369. The Morgan fingerprint density at radius 3 is 2.62 bits per heavy atom. The van der Waals surface area contributed by atoms with Gasteiger partial charge >= 0.3 is 12.1 Å². The summed E-state index contributed by atoms with van der Waals surface area (Å²) in [6.45, 7) is 1.22. The zero-order valence-electron chi connectivity index (χ0n) is 16.7. The van der Waals surface area contributed by atoms with E-state index in [9.17, 15) is 32.9 Å². The van der Waals surface area contributed by atoms with Crippen LogP contribution in [0.25, 0.3) is 10.9 Å². The van der Waals surface area contributed by atoms with Crippen molar-refractivity contribution in [1.29, 1.82) is 0 Å². The normalized spacial score (nSPS) is 12.4. The lowest BCUT2D eigenvalue weighted by Gasteiger charge is -2.17. The van der Waals surface area contributed by atoms with E-state index in [1.165, 1.54) is 6.92 Å². The Bertz CT molecular complexity index is 1170. The highest BCUT2D eigenvalue weighted by Crippen LogP contribution is 2.37. The summed E-state index contributed by atoms with van der Waals surface area (Å²) in [5.74, 6) is -1.69. The van der Waals surface area contributed by atoms with Crippen LogP contribution in [0.15, 0.2) is 48.7 Å². The molecule has 0 fully saturated rings. The van der Waals surface area contributed by atoms with Crippen LogP contribution in [0.4, 0.5) is 24.5 Å². The molecule has 1 atom stereocenters. The number of fused-ring (bicyclic) bond motifs is 1. The van der Waals surface area contributed by atoms with E-state index in [0.29, 0.717) is 12.5 Å². The van der Waals surface area contributed by atoms with Gasteiger partial charge in [0.1, 0.15) is 0 Å². The number of halogens is 3. The molecular formula is C21H18F3N3O5. The van der Waals surface area contributed by atoms with Crippen molar-refractivity contribution in [3.63, 3.8) is 0 Å². The third-order valence-corrected chi connectivity index (χ3v) is 4.73. The topological polar surface area (TPSA) is 114 Å². The maximum Gasteiger partial charge on any atom is 0.418 e. The summed E-state index contributed by atoms with van der Waals surface area (Å²) in [4.78, 5) is 37.2. The first kappa shape index (κ1) is 22.8. The van der Waals surface area contributed by atoms with Gasteiger partial charge in [-0.05, 0) is 31.0 Å². The number of aryl methyl sites for hydroxylation is 1. The van der Waals surface area contributed by atoms with Gasteiger partial charge in [-0.15, -0.1) is 0 Å². The van der Waals surface area contributed by atoms with Gasteiger partial charge in [-0.25, -0.2) is 0 Å². The number of nitrogens with one attached hydrogen (secondary N) is 2. The average molecular weight is 449 g/mol. The van der Waals surface area contributed by atoms with Crippen molar-refractivity contribution >= 4 is 34.2 Å². The molecule has 11 heteroatoms. The molecule has 1 amide bonds. The molecule has 3 rings (SSSR count). The first-order valence-electron chi connectivity index (χ1n) is 9.47. The number of amides is 1. The molecule has 0 bridgehead atoms. The van der Waals surface area contributed by atoms with Gasteiger partial charge in [0.2, 0.25) is 0 Å². The van der Waals surface area contributed by atoms with Crippen LogP contribution in [0.2, 0.25) is 0 Å². The molecule has 8 nitrogen and oxygen atoms in total. The summed E-state index contributed by atoms with van der Waals surface area (Å²) >= 11 is 0. The number of non-ortho nitro benzene ring substituents is 1. The number of carbonyl (C=O) groups excluding carboxylic acids is 2. The van der Waals surface area contributed by atoms with Crippen LogP contribution in [0.3, 0.4) is 0 Å². The van der Waals surface area contributed by atoms with Crippen molar-refractivity contribution in [2.75, 3.05) is 5.32 Å². The summed E-state index contributed by atoms with van der Waals surface area (Å²) in [5.41, 5.74) is -1.03. The van der Waals surface area contributed by atoms with Crippen molar-refractivity contribution < 1.29 is 32.4 Å². The quantitative estimate of drug-likeness (QED) is 0.311. The number of nitro benzene ring substituents is 1. The van der Waals surface area contributed by atoms with Gasteiger partial charge in [0.15, 0.2) is 6.10 Å². The third-order valence-electron chi connectivity index (χ3n) is 4.73. The van der Waals surface area contributed by atoms with E-state index in [1.807, 2.05) is 29.6 Å². The minimum atomic E-state index is -4.94. The van der Waals surface area contributed by atoms with Crippen molar-refractivity contribution in [2.45, 2.75) is 32.0 Å². The number of rotatable bonds is 7. The van der Waals surface area contributed by atoms with E-state index in [4.69, 9.17) is 4.74 Å². The molecular weight excluding hydrogens is 431 g/mol. The van der Waals surface area contributed by atoms with Gasteiger partial charge in [0.25, 0.3) is 11.6 Å². The number of anilines is 1. The maximum absolute atomic E-state index is 13.2. The fourth-order valence-electron chi connectivity index (χ4n) is 3.11. The van der Waals surface area contributed by atoms with Gasteiger partial charge in [-0.3, -0.25) is 19.7 Å². The van der Waals surface area contributed by atoms with Gasteiger partial charge < -0.3 is 15.0 Å². The van der Waals surface area contributed by atoms with Crippen LogP contribution in [0.5, 0.6) is 0 Å². The van der Waals surface area contributed by atoms with Gasteiger partial charge in [0, 0.05) is 35.7 Å². The SMILES string of the molecule is C[C@H](OC(=O)CCc1c[nH]c2ccccc12)C(=O)Nc1ccc([N+](=O)[O-])cc1C(F)(F)F. The Hall–Kier alpha value is -3.89. The summed E-state index contributed by atoms with van der Waals surface area (Å²) in [6, 6.07) is 9.45. The second-order valence-electron chi connectivity index (χ2n) is 6.97. The van der Waals surface area contributed by atoms with E-state index in [-0.39, 0.29) is 6.42 Å². The molecule has 3 aromatic rings. The predicted molar refractivity (Wildman–Crippen MR) is 109 cm³/mol. The van der Waals surface area contributed by atoms with E-state index in [2.05, 4.69) is 4.98 Å². The smallest absolute Gasteiger partial charge is 0.418 e. The second-order valence-corrected chi connectivity index (χ2v) is 6.97. The summed E-state index contributed by atoms with van der Waals surface area (Å²) in [6.07, 6.45) is -4.24. The fraction of sp³-hybridized carbons (Fsp3) is 0.238. The van der Waals surface area contributed by atoms with Crippen LogP contribution >= 0.6 is 0 Å². The third kappa shape index (κ3) is 5.23. The summed E-state index contributed by atoms with van der Waals surface area (Å²) in [5, 5.41) is 13.7. The molecule has 0 unspecified atom stereocenters. The number of H-pyrrole nitrogens is 1. The number of aromatic nitrogens is 1. The minimum Gasteiger partial charge on any atom is -0.453 e. The van der Waals surface area contributed by atoms with Gasteiger partial charge in [0.05, 0.1) is 16.2 Å². The van der Waals surface area contributed by atoms with Gasteiger partial charge in [-0.1, -0.05) is 18.2 Å².